The van der Waals surface area contributed by atoms with Crippen molar-refractivity contribution in [2.24, 2.45) is 0 Å². The van der Waals surface area contributed by atoms with Crippen LogP contribution in [-0.4, -0.2) is 4.98 Å². The molecule has 0 aliphatic heterocycles. The summed E-state index contributed by atoms with van der Waals surface area (Å²) in [6.07, 6.45) is 1.42. The van der Waals surface area contributed by atoms with Crippen LogP contribution in [-0.2, 0) is 6.61 Å². The fourth-order valence-corrected chi connectivity index (χ4v) is 1.24. The number of benzene rings is 1. The van der Waals surface area contributed by atoms with Gasteiger partial charge >= 0.3 is 0 Å². The minimum absolute atomic E-state index is 0.0411. The summed E-state index contributed by atoms with van der Waals surface area (Å²) in [5, 5.41) is 0. The monoisotopic (exact) mass is 221 g/mol. The van der Waals surface area contributed by atoms with Crippen molar-refractivity contribution < 1.29 is 13.5 Å². The van der Waals surface area contributed by atoms with E-state index in [1.807, 2.05) is 0 Å². The second-order valence-corrected chi connectivity index (χ2v) is 3.17. The number of hydrogen-bond donors (Lipinski definition) is 0. The zero-order valence-electron chi connectivity index (χ0n) is 8.36. The summed E-state index contributed by atoms with van der Waals surface area (Å²) in [6.45, 7) is -0.0411. The van der Waals surface area contributed by atoms with Crippen molar-refractivity contribution in [3.63, 3.8) is 0 Å². The van der Waals surface area contributed by atoms with Gasteiger partial charge in [0.05, 0.1) is 0 Å². The molecule has 0 unspecified atom stereocenters. The van der Waals surface area contributed by atoms with Gasteiger partial charge in [-0.3, -0.25) is 0 Å². The van der Waals surface area contributed by atoms with Crippen molar-refractivity contribution in [3.05, 3.63) is 59.8 Å². The van der Waals surface area contributed by atoms with E-state index in [1.54, 1.807) is 18.2 Å². The Labute approximate surface area is 91.5 Å². The van der Waals surface area contributed by atoms with Crippen LogP contribution in [0.2, 0.25) is 0 Å². The lowest BCUT2D eigenvalue weighted by molar-refractivity contribution is 0.272. The topological polar surface area (TPSA) is 22.1 Å². The number of ether oxygens (including phenoxy) is 1. The van der Waals surface area contributed by atoms with Crippen molar-refractivity contribution in [1.82, 2.24) is 4.98 Å². The molecule has 16 heavy (non-hydrogen) atoms. The SMILES string of the molecule is Fc1ccccc1COc1ncccc1F. The Balaban J connectivity index is 2.09. The first-order valence-corrected chi connectivity index (χ1v) is 4.74. The fraction of sp³-hybridized carbons (Fsp3) is 0.0833. The lowest BCUT2D eigenvalue weighted by Crippen LogP contribution is -2.01. The van der Waals surface area contributed by atoms with E-state index >= 15 is 0 Å². The molecule has 0 bridgehead atoms. The molecule has 0 saturated heterocycles. The first-order chi connectivity index (χ1) is 7.77. The molecule has 1 aromatic carbocycles. The van der Waals surface area contributed by atoms with Crippen LogP contribution < -0.4 is 4.74 Å². The summed E-state index contributed by atoms with van der Waals surface area (Å²) in [4.78, 5) is 3.70. The maximum absolute atomic E-state index is 13.2. The zero-order chi connectivity index (χ0) is 11.4. The Hall–Kier alpha value is -1.97. The smallest absolute Gasteiger partial charge is 0.250 e. The molecular formula is C12H9F2NO. The molecule has 2 aromatic rings. The lowest BCUT2D eigenvalue weighted by Gasteiger charge is -2.06. The Morgan fingerprint density at radius 2 is 1.75 bits per heavy atom. The summed E-state index contributed by atoms with van der Waals surface area (Å²) >= 11 is 0. The Morgan fingerprint density at radius 3 is 2.50 bits per heavy atom. The van der Waals surface area contributed by atoms with Gasteiger partial charge in [-0.15, -0.1) is 0 Å². The highest BCUT2D eigenvalue weighted by molar-refractivity contribution is 5.18. The quantitative estimate of drug-likeness (QED) is 0.795. The molecule has 1 heterocycles. The Morgan fingerprint density at radius 1 is 1.00 bits per heavy atom. The molecule has 0 aliphatic rings. The third-order valence-electron chi connectivity index (χ3n) is 2.05. The highest BCUT2D eigenvalue weighted by atomic mass is 19.1. The maximum atomic E-state index is 13.2. The van der Waals surface area contributed by atoms with Crippen LogP contribution in [0.1, 0.15) is 5.56 Å². The zero-order valence-corrected chi connectivity index (χ0v) is 8.36. The lowest BCUT2D eigenvalue weighted by atomic mass is 10.2. The van der Waals surface area contributed by atoms with Crippen molar-refractivity contribution in [2.75, 3.05) is 0 Å². The second-order valence-electron chi connectivity index (χ2n) is 3.17. The van der Waals surface area contributed by atoms with E-state index in [0.717, 1.165) is 0 Å². The van der Waals surface area contributed by atoms with Gasteiger partial charge in [-0.1, -0.05) is 18.2 Å². The normalized spacial score (nSPS) is 10.1. The average Bonchev–Trinajstić information content (AvgIpc) is 2.30. The second kappa shape index (κ2) is 4.70. The molecule has 0 saturated carbocycles. The van der Waals surface area contributed by atoms with Crippen molar-refractivity contribution in [2.45, 2.75) is 6.61 Å². The van der Waals surface area contributed by atoms with Gasteiger partial charge in [-0.2, -0.15) is 0 Å². The van der Waals surface area contributed by atoms with Crippen LogP contribution in [0, 0.1) is 11.6 Å². The largest absolute Gasteiger partial charge is 0.471 e. The van der Waals surface area contributed by atoms with Crippen LogP contribution >= 0.6 is 0 Å². The van der Waals surface area contributed by atoms with E-state index < -0.39 is 5.82 Å². The summed E-state index contributed by atoms with van der Waals surface area (Å²) in [5.41, 5.74) is 0.368. The molecule has 1 aromatic heterocycles. The van der Waals surface area contributed by atoms with E-state index in [9.17, 15) is 8.78 Å². The van der Waals surface area contributed by atoms with E-state index in [1.165, 1.54) is 24.4 Å². The van der Waals surface area contributed by atoms with E-state index in [4.69, 9.17) is 4.74 Å². The highest BCUT2D eigenvalue weighted by Gasteiger charge is 2.05. The maximum Gasteiger partial charge on any atom is 0.250 e. The molecule has 0 N–H and O–H groups in total. The number of pyridine rings is 1. The molecule has 82 valence electrons. The first-order valence-electron chi connectivity index (χ1n) is 4.74. The predicted molar refractivity (Wildman–Crippen MR) is 54.9 cm³/mol. The number of hydrogen-bond acceptors (Lipinski definition) is 2. The van der Waals surface area contributed by atoms with Crippen molar-refractivity contribution >= 4 is 0 Å². The summed E-state index contributed by atoms with van der Waals surface area (Å²) in [6, 6.07) is 8.88. The van der Waals surface area contributed by atoms with Gasteiger partial charge < -0.3 is 4.74 Å². The van der Waals surface area contributed by atoms with Gasteiger partial charge in [0, 0.05) is 11.8 Å². The molecule has 2 rings (SSSR count). The molecular weight excluding hydrogens is 212 g/mol. The number of aromatic nitrogens is 1. The van der Waals surface area contributed by atoms with Gasteiger partial charge in [0.1, 0.15) is 12.4 Å². The Kier molecular flexibility index (Phi) is 3.10. The average molecular weight is 221 g/mol. The van der Waals surface area contributed by atoms with E-state index in [2.05, 4.69) is 4.98 Å². The van der Waals surface area contributed by atoms with Gasteiger partial charge in [0.15, 0.2) is 5.82 Å². The molecule has 0 atom stereocenters. The first kappa shape index (κ1) is 10.5. The Bertz CT molecular complexity index is 442. The molecule has 0 radical (unpaired) electrons. The van der Waals surface area contributed by atoms with Gasteiger partial charge in [0.2, 0.25) is 0 Å². The molecule has 0 spiro atoms. The fourth-order valence-electron chi connectivity index (χ4n) is 1.24. The molecule has 0 fully saturated rings. The molecule has 0 amide bonds. The number of rotatable bonds is 3. The van der Waals surface area contributed by atoms with Crippen LogP contribution in [0.3, 0.4) is 0 Å². The molecule has 4 heteroatoms. The van der Waals surface area contributed by atoms with E-state index in [-0.39, 0.29) is 18.3 Å². The third-order valence-corrected chi connectivity index (χ3v) is 2.05. The van der Waals surface area contributed by atoms with Gasteiger partial charge in [-0.25, -0.2) is 13.8 Å². The van der Waals surface area contributed by atoms with Crippen LogP contribution in [0.4, 0.5) is 8.78 Å². The molecule has 0 aliphatic carbocycles. The van der Waals surface area contributed by atoms with Crippen LogP contribution in [0.5, 0.6) is 5.88 Å². The minimum Gasteiger partial charge on any atom is -0.471 e. The standard InChI is InChI=1S/C12H9F2NO/c13-10-5-2-1-4-9(10)8-16-12-11(14)6-3-7-15-12/h1-7H,8H2. The molecule has 2 nitrogen and oxygen atoms in total. The number of nitrogens with zero attached hydrogens (tertiary/aromatic N) is 1. The van der Waals surface area contributed by atoms with E-state index in [0.29, 0.717) is 5.56 Å². The summed E-state index contributed by atoms with van der Waals surface area (Å²) in [7, 11) is 0. The van der Waals surface area contributed by atoms with Gasteiger partial charge in [-0.05, 0) is 18.2 Å². The summed E-state index contributed by atoms with van der Waals surface area (Å²) in [5.74, 6) is -1.05. The predicted octanol–water partition coefficient (Wildman–Crippen LogP) is 2.94. The van der Waals surface area contributed by atoms with Gasteiger partial charge in [0.25, 0.3) is 5.88 Å². The van der Waals surface area contributed by atoms with Crippen LogP contribution in [0.25, 0.3) is 0 Å². The number of halogens is 2. The minimum atomic E-state index is -0.557. The van der Waals surface area contributed by atoms with Crippen LogP contribution in [0.15, 0.2) is 42.6 Å². The highest BCUT2D eigenvalue weighted by Crippen LogP contribution is 2.14. The summed E-state index contributed by atoms with van der Waals surface area (Å²) < 4.78 is 31.4. The van der Waals surface area contributed by atoms with Crippen molar-refractivity contribution in [3.8, 4) is 5.88 Å². The third kappa shape index (κ3) is 2.34. The van der Waals surface area contributed by atoms with Crippen molar-refractivity contribution in [1.29, 1.82) is 0 Å².